The predicted octanol–water partition coefficient (Wildman–Crippen LogP) is 2.99. The van der Waals surface area contributed by atoms with Crippen molar-refractivity contribution in [2.24, 2.45) is 5.92 Å². The summed E-state index contributed by atoms with van der Waals surface area (Å²) in [4.78, 5) is 20.5. The minimum atomic E-state index is -0.496. The van der Waals surface area contributed by atoms with Gasteiger partial charge in [-0.2, -0.15) is 0 Å². The van der Waals surface area contributed by atoms with Gasteiger partial charge in [-0.05, 0) is 42.7 Å². The Bertz CT molecular complexity index is 906. The standard InChI is InChI=1S/C17H15N3O2S/c1-9-4-5-18-8-12(9)10-2-3-13-15(6-10)23-17(19-13)20-16(22)11-7-14(11)21/h2-6,8,11,14,21H,7H2,1H3,(H,19,20,22)/t11-,14-/m1/s1. The van der Waals surface area contributed by atoms with Crippen molar-refractivity contribution in [2.75, 3.05) is 5.32 Å². The Hall–Kier alpha value is -2.31. The smallest absolute Gasteiger partial charge is 0.231 e. The highest BCUT2D eigenvalue weighted by Crippen LogP contribution is 2.34. The molecule has 2 N–H and O–H groups in total. The number of thiazole rings is 1. The molecule has 1 fully saturated rings. The lowest BCUT2D eigenvalue weighted by atomic mass is 10.0. The number of amides is 1. The molecule has 0 unspecified atom stereocenters. The number of aromatic nitrogens is 2. The van der Waals surface area contributed by atoms with Crippen molar-refractivity contribution in [3.8, 4) is 11.1 Å². The number of nitrogens with one attached hydrogen (secondary N) is 1. The number of rotatable bonds is 3. The van der Waals surface area contributed by atoms with Crippen LogP contribution in [-0.4, -0.2) is 27.1 Å². The molecule has 1 aliphatic rings. The monoisotopic (exact) mass is 325 g/mol. The van der Waals surface area contributed by atoms with Gasteiger partial charge in [-0.25, -0.2) is 4.98 Å². The number of aliphatic hydroxyl groups is 1. The van der Waals surface area contributed by atoms with Crippen LogP contribution in [0, 0.1) is 12.8 Å². The predicted molar refractivity (Wildman–Crippen MR) is 90.3 cm³/mol. The average molecular weight is 325 g/mol. The van der Waals surface area contributed by atoms with Gasteiger partial charge in [-0.1, -0.05) is 17.4 Å². The highest BCUT2D eigenvalue weighted by molar-refractivity contribution is 7.22. The molecule has 0 saturated heterocycles. The maximum atomic E-state index is 11.9. The summed E-state index contributed by atoms with van der Waals surface area (Å²) in [5.41, 5.74) is 4.20. The molecule has 0 spiro atoms. The highest BCUT2D eigenvalue weighted by atomic mass is 32.1. The fraction of sp³-hybridized carbons (Fsp3) is 0.235. The number of hydrogen-bond donors (Lipinski definition) is 2. The minimum absolute atomic E-state index is 0.153. The van der Waals surface area contributed by atoms with E-state index in [1.165, 1.54) is 16.9 Å². The molecule has 2 aromatic heterocycles. The van der Waals surface area contributed by atoms with Crippen molar-refractivity contribution in [3.63, 3.8) is 0 Å². The summed E-state index contributed by atoms with van der Waals surface area (Å²) >= 11 is 1.44. The molecule has 1 aromatic carbocycles. The third-order valence-electron chi connectivity index (χ3n) is 4.06. The van der Waals surface area contributed by atoms with Crippen molar-refractivity contribution in [3.05, 3.63) is 42.2 Å². The molecule has 0 radical (unpaired) electrons. The first kappa shape index (κ1) is 14.3. The summed E-state index contributed by atoms with van der Waals surface area (Å²) in [5.74, 6) is -0.435. The van der Waals surface area contributed by atoms with Crippen LogP contribution in [0.25, 0.3) is 21.3 Å². The van der Waals surface area contributed by atoms with Gasteiger partial charge >= 0.3 is 0 Å². The molecule has 2 atom stereocenters. The Labute approximate surface area is 137 Å². The lowest BCUT2D eigenvalue weighted by Crippen LogP contribution is -2.15. The maximum Gasteiger partial charge on any atom is 0.231 e. The number of aliphatic hydroxyl groups excluding tert-OH is 1. The number of hydrogen-bond acceptors (Lipinski definition) is 5. The van der Waals surface area contributed by atoms with Crippen LogP contribution in [0.5, 0.6) is 0 Å². The van der Waals surface area contributed by atoms with Crippen LogP contribution in [0.2, 0.25) is 0 Å². The summed E-state index contributed by atoms with van der Waals surface area (Å²) in [6.45, 7) is 2.06. The lowest BCUT2D eigenvalue weighted by molar-refractivity contribution is -0.117. The first-order valence-electron chi connectivity index (χ1n) is 7.42. The molecule has 0 aliphatic heterocycles. The zero-order chi connectivity index (χ0) is 16.0. The van der Waals surface area contributed by atoms with Gasteiger partial charge in [0.1, 0.15) is 0 Å². The van der Waals surface area contributed by atoms with E-state index in [1.807, 2.05) is 24.4 Å². The van der Waals surface area contributed by atoms with Gasteiger partial charge in [0.2, 0.25) is 5.91 Å². The molecule has 3 aromatic rings. The maximum absolute atomic E-state index is 11.9. The molecule has 23 heavy (non-hydrogen) atoms. The molecule has 1 aliphatic carbocycles. The minimum Gasteiger partial charge on any atom is -0.392 e. The van der Waals surface area contributed by atoms with Crippen molar-refractivity contribution in [1.29, 1.82) is 0 Å². The van der Waals surface area contributed by atoms with E-state index in [0.717, 1.165) is 21.3 Å². The number of anilines is 1. The Morgan fingerprint density at radius 3 is 2.96 bits per heavy atom. The van der Waals surface area contributed by atoms with Gasteiger partial charge in [0.05, 0.1) is 22.2 Å². The highest BCUT2D eigenvalue weighted by Gasteiger charge is 2.41. The first-order chi connectivity index (χ1) is 11.1. The van der Waals surface area contributed by atoms with E-state index in [4.69, 9.17) is 0 Å². The van der Waals surface area contributed by atoms with Gasteiger partial charge in [0, 0.05) is 18.0 Å². The van der Waals surface area contributed by atoms with Gasteiger partial charge in [0.15, 0.2) is 5.13 Å². The number of benzene rings is 1. The van der Waals surface area contributed by atoms with Crippen molar-refractivity contribution in [1.82, 2.24) is 9.97 Å². The number of carbonyl (C=O) groups excluding carboxylic acids is 1. The second kappa shape index (κ2) is 5.40. The van der Waals surface area contributed by atoms with E-state index in [2.05, 4.69) is 28.3 Å². The van der Waals surface area contributed by atoms with Crippen LogP contribution < -0.4 is 5.32 Å². The molecule has 2 heterocycles. The molecule has 1 amide bonds. The third kappa shape index (κ3) is 2.71. The zero-order valence-electron chi connectivity index (χ0n) is 12.5. The third-order valence-corrected chi connectivity index (χ3v) is 5.00. The average Bonchev–Trinajstić information content (AvgIpc) is 3.13. The summed E-state index contributed by atoms with van der Waals surface area (Å²) in [7, 11) is 0. The second-order valence-electron chi connectivity index (χ2n) is 5.79. The molecule has 1 saturated carbocycles. The van der Waals surface area contributed by atoms with Crippen LogP contribution in [0.3, 0.4) is 0 Å². The normalized spacial score (nSPS) is 19.7. The van der Waals surface area contributed by atoms with Crippen molar-refractivity contribution in [2.45, 2.75) is 19.4 Å². The lowest BCUT2D eigenvalue weighted by Gasteiger charge is -2.04. The molecular formula is C17H15N3O2S. The van der Waals surface area contributed by atoms with Crippen LogP contribution in [-0.2, 0) is 4.79 Å². The van der Waals surface area contributed by atoms with E-state index < -0.39 is 6.10 Å². The molecule has 0 bridgehead atoms. The molecular weight excluding hydrogens is 310 g/mol. The Balaban J connectivity index is 1.64. The van der Waals surface area contributed by atoms with Crippen molar-refractivity contribution >= 4 is 32.6 Å². The SMILES string of the molecule is Cc1ccncc1-c1ccc2nc(NC(=O)[C@@H]3C[C@H]3O)sc2c1. The number of fused-ring (bicyclic) bond motifs is 1. The van der Waals surface area contributed by atoms with E-state index in [0.29, 0.717) is 11.6 Å². The summed E-state index contributed by atoms with van der Waals surface area (Å²) in [6, 6.07) is 8.02. The van der Waals surface area contributed by atoms with Crippen LogP contribution in [0.4, 0.5) is 5.13 Å². The first-order valence-corrected chi connectivity index (χ1v) is 8.24. The second-order valence-corrected chi connectivity index (χ2v) is 6.82. The van der Waals surface area contributed by atoms with E-state index in [9.17, 15) is 9.90 Å². The number of carbonyl (C=O) groups is 1. The Kier molecular flexibility index (Phi) is 3.36. The number of pyridine rings is 1. The van der Waals surface area contributed by atoms with Gasteiger partial charge in [-0.3, -0.25) is 9.78 Å². The zero-order valence-corrected chi connectivity index (χ0v) is 13.3. The fourth-order valence-corrected chi connectivity index (χ4v) is 3.48. The van der Waals surface area contributed by atoms with Gasteiger partial charge in [0.25, 0.3) is 0 Å². The molecule has 116 valence electrons. The van der Waals surface area contributed by atoms with Gasteiger partial charge in [-0.15, -0.1) is 0 Å². The van der Waals surface area contributed by atoms with Crippen LogP contribution >= 0.6 is 11.3 Å². The fourth-order valence-electron chi connectivity index (χ4n) is 2.57. The molecule has 4 rings (SSSR count). The van der Waals surface area contributed by atoms with Gasteiger partial charge < -0.3 is 10.4 Å². The topological polar surface area (TPSA) is 75.1 Å². The summed E-state index contributed by atoms with van der Waals surface area (Å²) in [5, 5.41) is 12.7. The quantitative estimate of drug-likeness (QED) is 0.776. The Morgan fingerprint density at radius 1 is 1.39 bits per heavy atom. The number of aryl methyl sites for hydroxylation is 1. The Morgan fingerprint density at radius 2 is 2.22 bits per heavy atom. The molecule has 6 heteroatoms. The van der Waals surface area contributed by atoms with Crippen molar-refractivity contribution < 1.29 is 9.90 Å². The van der Waals surface area contributed by atoms with Crippen LogP contribution in [0.15, 0.2) is 36.7 Å². The van der Waals surface area contributed by atoms with E-state index >= 15 is 0 Å². The number of nitrogens with zero attached hydrogens (tertiary/aromatic N) is 2. The van der Waals surface area contributed by atoms with Crippen LogP contribution in [0.1, 0.15) is 12.0 Å². The van der Waals surface area contributed by atoms with E-state index in [-0.39, 0.29) is 11.8 Å². The summed E-state index contributed by atoms with van der Waals surface area (Å²) in [6.07, 6.45) is 3.68. The van der Waals surface area contributed by atoms with E-state index in [1.54, 1.807) is 6.20 Å². The largest absolute Gasteiger partial charge is 0.392 e. The summed E-state index contributed by atoms with van der Waals surface area (Å²) < 4.78 is 1.01. The molecule has 5 nitrogen and oxygen atoms in total.